The van der Waals surface area contributed by atoms with Crippen LogP contribution >= 0.6 is 11.8 Å². The van der Waals surface area contributed by atoms with Gasteiger partial charge in [-0.15, -0.1) is 0 Å². The second-order valence-corrected chi connectivity index (χ2v) is 7.23. The Balaban J connectivity index is 1.76. The summed E-state index contributed by atoms with van der Waals surface area (Å²) >= 11 is 2.04. The molecule has 0 spiro atoms. The second kappa shape index (κ2) is 9.10. The summed E-state index contributed by atoms with van der Waals surface area (Å²) in [5, 5.41) is 6.88. The van der Waals surface area contributed by atoms with E-state index in [0.29, 0.717) is 0 Å². The molecule has 1 aliphatic heterocycles. The van der Waals surface area contributed by atoms with Crippen LogP contribution in [0, 0.1) is 0 Å². The Hall–Kier alpha value is -1.14. The molecule has 2 N–H and O–H groups in total. The molecule has 0 aliphatic carbocycles. The van der Waals surface area contributed by atoms with Crippen molar-refractivity contribution in [2.24, 2.45) is 4.99 Å². The fraction of sp³-hybridized carbons (Fsp3) is 0.688. The zero-order chi connectivity index (χ0) is 15.7. The van der Waals surface area contributed by atoms with Gasteiger partial charge in [-0.1, -0.05) is 6.92 Å². The number of ether oxygens (including phenoxy) is 1. The van der Waals surface area contributed by atoms with Crippen molar-refractivity contribution >= 4 is 17.7 Å². The van der Waals surface area contributed by atoms with Crippen molar-refractivity contribution in [1.82, 2.24) is 15.2 Å². The first-order valence-corrected chi connectivity index (χ1v) is 9.03. The summed E-state index contributed by atoms with van der Waals surface area (Å²) in [5.74, 6) is 2.02. The molecule has 124 valence electrons. The minimum Gasteiger partial charge on any atom is -0.381 e. The Labute approximate surface area is 137 Å². The predicted octanol–water partition coefficient (Wildman–Crippen LogP) is 1.96. The first-order valence-electron chi connectivity index (χ1n) is 8.05. The lowest BCUT2D eigenvalue weighted by molar-refractivity contribution is 0.0782. The van der Waals surface area contributed by atoms with Gasteiger partial charge in [-0.25, -0.2) is 0 Å². The molecule has 1 aromatic heterocycles. The molecular formula is C16H28N4OS. The standard InChI is InChI=1S/C16H28N4OS/c1-3-22-16(6-12-21-13-7-16)14-19-15(17-2)18-8-11-20-9-4-5-10-20/h4-5,9-10H,3,6-8,11-14H2,1-2H3,(H2,17,18,19). The van der Waals surface area contributed by atoms with Crippen molar-refractivity contribution in [2.75, 3.05) is 39.1 Å². The van der Waals surface area contributed by atoms with Crippen molar-refractivity contribution in [1.29, 1.82) is 0 Å². The molecule has 0 aromatic carbocycles. The van der Waals surface area contributed by atoms with Crippen LogP contribution in [0.2, 0.25) is 0 Å². The molecule has 1 fully saturated rings. The molecule has 22 heavy (non-hydrogen) atoms. The van der Waals surface area contributed by atoms with Crippen LogP contribution in [0.1, 0.15) is 19.8 Å². The van der Waals surface area contributed by atoms with Crippen molar-refractivity contribution in [3.05, 3.63) is 24.5 Å². The highest BCUT2D eigenvalue weighted by Crippen LogP contribution is 2.34. The summed E-state index contributed by atoms with van der Waals surface area (Å²) in [7, 11) is 1.83. The van der Waals surface area contributed by atoms with Gasteiger partial charge in [-0.2, -0.15) is 11.8 Å². The fourth-order valence-electron chi connectivity index (χ4n) is 2.71. The number of nitrogens with one attached hydrogen (secondary N) is 2. The second-order valence-electron chi connectivity index (χ2n) is 5.50. The van der Waals surface area contributed by atoms with Crippen LogP contribution in [0.25, 0.3) is 0 Å². The zero-order valence-corrected chi connectivity index (χ0v) is 14.5. The van der Waals surface area contributed by atoms with Crippen LogP contribution in [0.4, 0.5) is 0 Å². The molecule has 6 heteroatoms. The van der Waals surface area contributed by atoms with E-state index in [2.05, 4.69) is 39.5 Å². The quantitative estimate of drug-likeness (QED) is 0.595. The summed E-state index contributed by atoms with van der Waals surface area (Å²) < 4.78 is 7.96. The molecule has 1 aromatic rings. The molecule has 0 radical (unpaired) electrons. The zero-order valence-electron chi connectivity index (χ0n) is 13.7. The molecule has 0 bridgehead atoms. The molecule has 0 atom stereocenters. The molecule has 1 aliphatic rings. The van der Waals surface area contributed by atoms with E-state index in [4.69, 9.17) is 4.74 Å². The molecule has 0 saturated carbocycles. The van der Waals surface area contributed by atoms with Crippen LogP contribution in [-0.2, 0) is 11.3 Å². The summed E-state index contributed by atoms with van der Waals surface area (Å²) in [6.07, 6.45) is 6.37. The maximum atomic E-state index is 5.52. The van der Waals surface area contributed by atoms with Gasteiger partial charge in [0, 0.05) is 57.0 Å². The van der Waals surface area contributed by atoms with Crippen molar-refractivity contribution in [2.45, 2.75) is 31.1 Å². The number of rotatable bonds is 7. The highest BCUT2D eigenvalue weighted by molar-refractivity contribution is 8.00. The summed E-state index contributed by atoms with van der Waals surface area (Å²) in [4.78, 5) is 4.33. The fourth-order valence-corrected chi connectivity index (χ4v) is 3.95. The lowest BCUT2D eigenvalue weighted by Crippen LogP contribution is -2.48. The van der Waals surface area contributed by atoms with Gasteiger partial charge in [0.25, 0.3) is 0 Å². The Morgan fingerprint density at radius 1 is 1.27 bits per heavy atom. The predicted molar refractivity (Wildman–Crippen MR) is 94.7 cm³/mol. The van der Waals surface area contributed by atoms with Gasteiger partial charge < -0.3 is 19.9 Å². The van der Waals surface area contributed by atoms with Gasteiger partial charge >= 0.3 is 0 Å². The average Bonchev–Trinajstić information content (AvgIpc) is 3.05. The van der Waals surface area contributed by atoms with E-state index < -0.39 is 0 Å². The molecule has 0 unspecified atom stereocenters. The van der Waals surface area contributed by atoms with Gasteiger partial charge in [0.1, 0.15) is 0 Å². The van der Waals surface area contributed by atoms with Gasteiger partial charge in [-0.05, 0) is 30.7 Å². The van der Waals surface area contributed by atoms with Crippen LogP contribution in [0.3, 0.4) is 0 Å². The van der Waals surface area contributed by atoms with Gasteiger partial charge in [0.15, 0.2) is 5.96 Å². The maximum Gasteiger partial charge on any atom is 0.191 e. The third kappa shape index (κ3) is 5.25. The first kappa shape index (κ1) is 17.2. The number of aromatic nitrogens is 1. The van der Waals surface area contributed by atoms with E-state index in [9.17, 15) is 0 Å². The lowest BCUT2D eigenvalue weighted by Gasteiger charge is -2.37. The van der Waals surface area contributed by atoms with E-state index >= 15 is 0 Å². The SMILES string of the molecule is CCSC1(CNC(=NC)NCCn2cccc2)CCOCC1. The van der Waals surface area contributed by atoms with E-state index in [0.717, 1.165) is 57.4 Å². The monoisotopic (exact) mass is 324 g/mol. The van der Waals surface area contributed by atoms with E-state index in [1.54, 1.807) is 0 Å². The first-order chi connectivity index (χ1) is 10.8. The van der Waals surface area contributed by atoms with Gasteiger partial charge in [-0.3, -0.25) is 4.99 Å². The third-order valence-corrected chi connectivity index (χ3v) is 5.44. The Bertz CT molecular complexity index is 435. The van der Waals surface area contributed by atoms with E-state index in [-0.39, 0.29) is 4.75 Å². The summed E-state index contributed by atoms with van der Waals surface area (Å²) in [5.41, 5.74) is 0. The topological polar surface area (TPSA) is 50.6 Å². The lowest BCUT2D eigenvalue weighted by atomic mass is 9.99. The number of aliphatic imine (C=N–C) groups is 1. The Morgan fingerprint density at radius 3 is 2.64 bits per heavy atom. The highest BCUT2D eigenvalue weighted by atomic mass is 32.2. The maximum absolute atomic E-state index is 5.52. The molecule has 1 saturated heterocycles. The van der Waals surface area contributed by atoms with Crippen molar-refractivity contribution in [3.63, 3.8) is 0 Å². The number of hydrogen-bond acceptors (Lipinski definition) is 3. The third-order valence-electron chi connectivity index (χ3n) is 3.98. The molecular weight excluding hydrogens is 296 g/mol. The Kier molecular flexibility index (Phi) is 7.12. The van der Waals surface area contributed by atoms with Gasteiger partial charge in [0.2, 0.25) is 0 Å². The molecule has 2 heterocycles. The average molecular weight is 324 g/mol. The van der Waals surface area contributed by atoms with E-state index in [1.807, 2.05) is 30.9 Å². The van der Waals surface area contributed by atoms with Crippen molar-refractivity contribution < 1.29 is 4.74 Å². The number of guanidine groups is 1. The number of hydrogen-bond donors (Lipinski definition) is 2. The smallest absolute Gasteiger partial charge is 0.191 e. The van der Waals surface area contributed by atoms with Crippen LogP contribution in [0.15, 0.2) is 29.5 Å². The Morgan fingerprint density at radius 2 is 2.00 bits per heavy atom. The van der Waals surface area contributed by atoms with E-state index in [1.165, 1.54) is 0 Å². The minimum absolute atomic E-state index is 0.283. The summed E-state index contributed by atoms with van der Waals surface area (Å²) in [6.45, 7) is 6.72. The van der Waals surface area contributed by atoms with Crippen LogP contribution in [-0.4, -0.2) is 54.4 Å². The number of nitrogens with zero attached hydrogens (tertiary/aromatic N) is 2. The normalized spacial score (nSPS) is 18.2. The van der Waals surface area contributed by atoms with Crippen LogP contribution in [0.5, 0.6) is 0 Å². The minimum atomic E-state index is 0.283. The number of thioether (sulfide) groups is 1. The van der Waals surface area contributed by atoms with Crippen molar-refractivity contribution in [3.8, 4) is 0 Å². The molecule has 0 amide bonds. The van der Waals surface area contributed by atoms with Gasteiger partial charge in [0.05, 0.1) is 0 Å². The molecule has 5 nitrogen and oxygen atoms in total. The van der Waals surface area contributed by atoms with Crippen LogP contribution < -0.4 is 10.6 Å². The summed E-state index contributed by atoms with van der Waals surface area (Å²) in [6, 6.07) is 4.09. The molecule has 2 rings (SSSR count). The highest BCUT2D eigenvalue weighted by Gasteiger charge is 2.32. The largest absolute Gasteiger partial charge is 0.381 e.